The minimum absolute atomic E-state index is 0.260. The van der Waals surface area contributed by atoms with Gasteiger partial charge in [0.2, 0.25) is 0 Å². The van der Waals surface area contributed by atoms with Crippen molar-refractivity contribution in [2.24, 2.45) is 10.7 Å². The zero-order chi connectivity index (χ0) is 13.0. The standard InChI is InChI=1S/C14H21N3O/c1-3-8-17-13(9-16-14(17)15)12-7-5-4-6-11(12)10-18-2/h4-7,13H,3,8-10H2,1-2H3,(H2,15,16). The smallest absolute Gasteiger partial charge is 0.191 e. The van der Waals surface area contributed by atoms with Crippen molar-refractivity contribution in [3.8, 4) is 0 Å². The normalized spacial score (nSPS) is 19.1. The average Bonchev–Trinajstić information content (AvgIpc) is 2.73. The lowest BCUT2D eigenvalue weighted by Crippen LogP contribution is -2.36. The van der Waals surface area contributed by atoms with Crippen LogP contribution >= 0.6 is 0 Å². The van der Waals surface area contributed by atoms with E-state index in [1.807, 2.05) is 6.07 Å². The fourth-order valence-corrected chi connectivity index (χ4v) is 2.45. The third-order valence-corrected chi connectivity index (χ3v) is 3.28. The summed E-state index contributed by atoms with van der Waals surface area (Å²) in [5, 5.41) is 0. The quantitative estimate of drug-likeness (QED) is 0.864. The molecule has 18 heavy (non-hydrogen) atoms. The molecule has 0 aliphatic carbocycles. The van der Waals surface area contributed by atoms with Crippen LogP contribution in [0.1, 0.15) is 30.5 Å². The van der Waals surface area contributed by atoms with E-state index in [0.29, 0.717) is 12.6 Å². The molecular weight excluding hydrogens is 226 g/mol. The molecule has 1 aliphatic heterocycles. The molecule has 0 spiro atoms. The Kier molecular flexibility index (Phi) is 4.20. The maximum atomic E-state index is 5.96. The zero-order valence-electron chi connectivity index (χ0n) is 11.1. The molecule has 1 unspecified atom stereocenters. The lowest BCUT2D eigenvalue weighted by molar-refractivity contribution is 0.182. The van der Waals surface area contributed by atoms with Gasteiger partial charge >= 0.3 is 0 Å². The van der Waals surface area contributed by atoms with E-state index in [1.54, 1.807) is 7.11 Å². The van der Waals surface area contributed by atoms with E-state index < -0.39 is 0 Å². The fraction of sp³-hybridized carbons (Fsp3) is 0.500. The van der Waals surface area contributed by atoms with Crippen molar-refractivity contribution in [1.82, 2.24) is 4.90 Å². The second-order valence-electron chi connectivity index (χ2n) is 4.54. The highest BCUT2D eigenvalue weighted by Crippen LogP contribution is 2.28. The molecule has 0 bridgehead atoms. The first-order chi connectivity index (χ1) is 8.77. The van der Waals surface area contributed by atoms with Gasteiger partial charge in [0.1, 0.15) is 0 Å². The molecular formula is C14H21N3O. The monoisotopic (exact) mass is 247 g/mol. The predicted octanol–water partition coefficient (Wildman–Crippen LogP) is 1.91. The summed E-state index contributed by atoms with van der Waals surface area (Å²) in [6.07, 6.45) is 1.07. The Morgan fingerprint density at radius 3 is 2.94 bits per heavy atom. The molecule has 2 rings (SSSR count). The molecule has 4 heteroatoms. The van der Waals surface area contributed by atoms with Crippen molar-refractivity contribution >= 4 is 5.96 Å². The first-order valence-corrected chi connectivity index (χ1v) is 6.41. The summed E-state index contributed by atoms with van der Waals surface area (Å²) in [5.74, 6) is 0.661. The number of aliphatic imine (C=N–C) groups is 1. The summed E-state index contributed by atoms with van der Waals surface area (Å²) < 4.78 is 5.26. The van der Waals surface area contributed by atoms with Crippen LogP contribution in [0.15, 0.2) is 29.3 Å². The van der Waals surface area contributed by atoms with Gasteiger partial charge in [-0.2, -0.15) is 0 Å². The van der Waals surface area contributed by atoms with Crippen LogP contribution in [0.4, 0.5) is 0 Å². The molecule has 4 nitrogen and oxygen atoms in total. The van der Waals surface area contributed by atoms with Crippen molar-refractivity contribution in [3.05, 3.63) is 35.4 Å². The van der Waals surface area contributed by atoms with E-state index >= 15 is 0 Å². The molecule has 1 aliphatic rings. The Bertz CT molecular complexity index is 431. The Labute approximate surface area is 108 Å². The Morgan fingerprint density at radius 2 is 2.22 bits per heavy atom. The number of guanidine groups is 1. The van der Waals surface area contributed by atoms with Crippen molar-refractivity contribution in [1.29, 1.82) is 0 Å². The van der Waals surface area contributed by atoms with Crippen LogP contribution in [-0.2, 0) is 11.3 Å². The number of ether oxygens (including phenoxy) is 1. The van der Waals surface area contributed by atoms with Gasteiger partial charge in [-0.25, -0.2) is 0 Å². The molecule has 0 radical (unpaired) electrons. The van der Waals surface area contributed by atoms with Crippen LogP contribution in [0, 0.1) is 0 Å². The molecule has 2 N–H and O–H groups in total. The molecule has 98 valence electrons. The zero-order valence-corrected chi connectivity index (χ0v) is 11.1. The Hall–Kier alpha value is -1.55. The van der Waals surface area contributed by atoms with Crippen molar-refractivity contribution in [2.75, 3.05) is 20.2 Å². The van der Waals surface area contributed by atoms with Gasteiger partial charge in [-0.15, -0.1) is 0 Å². The van der Waals surface area contributed by atoms with Crippen molar-refractivity contribution < 1.29 is 4.74 Å². The fourth-order valence-electron chi connectivity index (χ4n) is 2.45. The minimum atomic E-state index is 0.260. The Morgan fingerprint density at radius 1 is 1.44 bits per heavy atom. The summed E-state index contributed by atoms with van der Waals surface area (Å²) in [5.41, 5.74) is 8.46. The van der Waals surface area contributed by atoms with Gasteiger partial charge in [0.15, 0.2) is 5.96 Å². The van der Waals surface area contributed by atoms with Crippen molar-refractivity contribution in [2.45, 2.75) is 26.0 Å². The van der Waals surface area contributed by atoms with E-state index in [1.165, 1.54) is 11.1 Å². The first-order valence-electron chi connectivity index (χ1n) is 6.41. The van der Waals surface area contributed by atoms with Gasteiger partial charge in [0, 0.05) is 13.7 Å². The van der Waals surface area contributed by atoms with Gasteiger partial charge < -0.3 is 15.4 Å². The Balaban J connectivity index is 2.25. The molecule has 1 atom stereocenters. The molecule has 0 saturated heterocycles. The SMILES string of the molecule is CCCN1C(N)=NCC1c1ccccc1COC. The minimum Gasteiger partial charge on any atom is -0.380 e. The molecule has 0 aromatic heterocycles. The average molecular weight is 247 g/mol. The molecule has 1 aromatic rings. The molecule has 0 saturated carbocycles. The first kappa shape index (κ1) is 12.9. The van der Waals surface area contributed by atoms with Gasteiger partial charge in [-0.05, 0) is 17.5 Å². The van der Waals surface area contributed by atoms with Gasteiger partial charge in [0.05, 0.1) is 19.2 Å². The van der Waals surface area contributed by atoms with E-state index in [9.17, 15) is 0 Å². The van der Waals surface area contributed by atoms with Gasteiger partial charge in [-0.1, -0.05) is 31.2 Å². The highest BCUT2D eigenvalue weighted by molar-refractivity contribution is 5.80. The van der Waals surface area contributed by atoms with Gasteiger partial charge in [0.25, 0.3) is 0 Å². The molecule has 1 heterocycles. The molecule has 0 amide bonds. The van der Waals surface area contributed by atoms with Crippen LogP contribution in [0.5, 0.6) is 0 Å². The largest absolute Gasteiger partial charge is 0.380 e. The maximum Gasteiger partial charge on any atom is 0.191 e. The van der Waals surface area contributed by atoms with E-state index in [0.717, 1.165) is 19.5 Å². The topological polar surface area (TPSA) is 50.8 Å². The summed E-state index contributed by atoms with van der Waals surface area (Å²) >= 11 is 0. The van der Waals surface area contributed by atoms with Crippen LogP contribution < -0.4 is 5.73 Å². The highest BCUT2D eigenvalue weighted by Gasteiger charge is 2.27. The lowest BCUT2D eigenvalue weighted by Gasteiger charge is -2.27. The summed E-state index contributed by atoms with van der Waals surface area (Å²) in [4.78, 5) is 6.56. The van der Waals surface area contributed by atoms with Crippen LogP contribution in [-0.4, -0.2) is 31.1 Å². The summed E-state index contributed by atoms with van der Waals surface area (Å²) in [6.45, 7) is 4.48. The van der Waals surface area contributed by atoms with Crippen molar-refractivity contribution in [3.63, 3.8) is 0 Å². The highest BCUT2D eigenvalue weighted by atomic mass is 16.5. The molecule has 1 aromatic carbocycles. The number of methoxy groups -OCH3 is 1. The third-order valence-electron chi connectivity index (χ3n) is 3.28. The number of nitrogens with zero attached hydrogens (tertiary/aromatic N) is 2. The number of rotatable bonds is 5. The summed E-state index contributed by atoms with van der Waals surface area (Å²) in [7, 11) is 1.72. The predicted molar refractivity (Wildman–Crippen MR) is 73.4 cm³/mol. The van der Waals surface area contributed by atoms with Crippen LogP contribution in [0.2, 0.25) is 0 Å². The van der Waals surface area contributed by atoms with Crippen LogP contribution in [0.25, 0.3) is 0 Å². The molecule has 0 fully saturated rings. The second kappa shape index (κ2) is 5.87. The number of benzene rings is 1. The van der Waals surface area contributed by atoms with E-state index in [4.69, 9.17) is 10.5 Å². The number of nitrogens with two attached hydrogens (primary N) is 1. The second-order valence-corrected chi connectivity index (χ2v) is 4.54. The van der Waals surface area contributed by atoms with E-state index in [2.05, 4.69) is 35.0 Å². The van der Waals surface area contributed by atoms with E-state index in [-0.39, 0.29) is 6.04 Å². The third kappa shape index (κ3) is 2.48. The lowest BCUT2D eigenvalue weighted by atomic mass is 10.00. The number of hydrogen-bond donors (Lipinski definition) is 1. The summed E-state index contributed by atoms with van der Waals surface area (Å²) in [6, 6.07) is 8.62. The number of hydrogen-bond acceptors (Lipinski definition) is 4. The van der Waals surface area contributed by atoms with Gasteiger partial charge in [-0.3, -0.25) is 4.99 Å². The van der Waals surface area contributed by atoms with Crippen LogP contribution in [0.3, 0.4) is 0 Å². The maximum absolute atomic E-state index is 5.96.